The standard InChI is InChI=1S/C20H23BrN2O3S/c1-23(18-5-3-2-4-6-18)27(25,26)19-13-7-15(8-14-19)20(24)22-17-11-9-16(21)10-12-17/h7-14,18H,2-6H2,1H3,(H,22,24). The van der Waals surface area contributed by atoms with Crippen LogP contribution in [0.1, 0.15) is 42.5 Å². The largest absolute Gasteiger partial charge is 0.322 e. The lowest BCUT2D eigenvalue weighted by molar-refractivity contribution is 0.102. The van der Waals surface area contributed by atoms with Gasteiger partial charge in [-0.1, -0.05) is 35.2 Å². The predicted octanol–water partition coefficient (Wildman–Crippen LogP) is 4.65. The fraction of sp³-hybridized carbons (Fsp3) is 0.350. The van der Waals surface area contributed by atoms with Crippen molar-refractivity contribution in [2.75, 3.05) is 12.4 Å². The topological polar surface area (TPSA) is 66.5 Å². The Morgan fingerprint density at radius 2 is 1.59 bits per heavy atom. The second-order valence-electron chi connectivity index (χ2n) is 6.80. The molecule has 7 heteroatoms. The van der Waals surface area contributed by atoms with Gasteiger partial charge in [0.2, 0.25) is 10.0 Å². The average Bonchev–Trinajstić information content (AvgIpc) is 2.70. The molecule has 2 aromatic carbocycles. The summed E-state index contributed by atoms with van der Waals surface area (Å²) in [6.07, 6.45) is 5.12. The second-order valence-corrected chi connectivity index (χ2v) is 9.71. The van der Waals surface area contributed by atoms with Gasteiger partial charge in [0, 0.05) is 28.8 Å². The third-order valence-corrected chi connectivity index (χ3v) is 7.44. The van der Waals surface area contributed by atoms with Crippen molar-refractivity contribution in [1.82, 2.24) is 4.31 Å². The van der Waals surface area contributed by atoms with E-state index in [1.165, 1.54) is 22.9 Å². The second kappa shape index (κ2) is 8.54. The van der Waals surface area contributed by atoms with Crippen molar-refractivity contribution in [2.24, 2.45) is 0 Å². The number of amides is 1. The van der Waals surface area contributed by atoms with Gasteiger partial charge < -0.3 is 5.32 Å². The quantitative estimate of drug-likeness (QED) is 0.720. The van der Waals surface area contributed by atoms with Gasteiger partial charge in [-0.3, -0.25) is 4.79 Å². The number of halogens is 1. The van der Waals surface area contributed by atoms with Crippen molar-refractivity contribution >= 4 is 37.5 Å². The van der Waals surface area contributed by atoms with Crippen LogP contribution in [-0.2, 0) is 10.0 Å². The van der Waals surface area contributed by atoms with Crippen LogP contribution in [0, 0.1) is 0 Å². The number of carbonyl (C=O) groups is 1. The van der Waals surface area contributed by atoms with Crippen molar-refractivity contribution in [1.29, 1.82) is 0 Å². The van der Waals surface area contributed by atoms with Crippen molar-refractivity contribution < 1.29 is 13.2 Å². The Hall–Kier alpha value is -1.70. The summed E-state index contributed by atoms with van der Waals surface area (Å²) in [5.41, 5.74) is 1.09. The molecule has 0 unspecified atom stereocenters. The van der Waals surface area contributed by atoms with E-state index in [2.05, 4.69) is 21.2 Å². The molecule has 1 amide bonds. The molecular weight excluding hydrogens is 428 g/mol. The number of anilines is 1. The molecular formula is C20H23BrN2O3S. The number of carbonyl (C=O) groups excluding carboxylic acids is 1. The SMILES string of the molecule is CN(C1CCCCC1)S(=O)(=O)c1ccc(C(=O)Nc2ccc(Br)cc2)cc1. The molecule has 0 heterocycles. The van der Waals surface area contributed by atoms with Crippen molar-refractivity contribution in [3.63, 3.8) is 0 Å². The van der Waals surface area contributed by atoms with Crippen molar-refractivity contribution in [3.8, 4) is 0 Å². The maximum atomic E-state index is 12.9. The van der Waals surface area contributed by atoms with Gasteiger partial charge in [0.25, 0.3) is 5.91 Å². The summed E-state index contributed by atoms with van der Waals surface area (Å²) in [4.78, 5) is 12.6. The summed E-state index contributed by atoms with van der Waals surface area (Å²) >= 11 is 3.35. The molecule has 0 bridgehead atoms. The van der Waals surface area contributed by atoms with Crippen LogP contribution in [0.3, 0.4) is 0 Å². The highest BCUT2D eigenvalue weighted by atomic mass is 79.9. The van der Waals surface area contributed by atoms with Gasteiger partial charge in [-0.2, -0.15) is 4.31 Å². The fourth-order valence-corrected chi connectivity index (χ4v) is 5.00. The first-order valence-electron chi connectivity index (χ1n) is 9.03. The Morgan fingerprint density at radius 1 is 1.00 bits per heavy atom. The number of rotatable bonds is 5. The van der Waals surface area contributed by atoms with E-state index in [9.17, 15) is 13.2 Å². The summed E-state index contributed by atoms with van der Waals surface area (Å²) in [6, 6.07) is 13.4. The number of hydrogen-bond donors (Lipinski definition) is 1. The number of sulfonamides is 1. The van der Waals surface area contributed by atoms with Gasteiger partial charge in [0.15, 0.2) is 0 Å². The molecule has 2 aromatic rings. The smallest absolute Gasteiger partial charge is 0.255 e. The zero-order valence-electron chi connectivity index (χ0n) is 15.2. The predicted molar refractivity (Wildman–Crippen MR) is 110 cm³/mol. The number of hydrogen-bond acceptors (Lipinski definition) is 3. The highest BCUT2D eigenvalue weighted by Gasteiger charge is 2.29. The van der Waals surface area contributed by atoms with Crippen LogP contribution in [-0.4, -0.2) is 31.7 Å². The van der Waals surface area contributed by atoms with E-state index in [1.807, 2.05) is 12.1 Å². The molecule has 0 atom stereocenters. The molecule has 3 rings (SSSR count). The first-order valence-corrected chi connectivity index (χ1v) is 11.3. The first kappa shape index (κ1) is 20.0. The van der Waals surface area contributed by atoms with E-state index in [4.69, 9.17) is 0 Å². The van der Waals surface area contributed by atoms with Crippen LogP contribution in [0.4, 0.5) is 5.69 Å². The highest BCUT2D eigenvalue weighted by Crippen LogP contribution is 2.26. The van der Waals surface area contributed by atoms with Gasteiger partial charge >= 0.3 is 0 Å². The lowest BCUT2D eigenvalue weighted by atomic mass is 9.96. The Labute approximate surface area is 169 Å². The molecule has 0 spiro atoms. The van der Waals surface area contributed by atoms with Gasteiger partial charge in [-0.25, -0.2) is 8.42 Å². The number of nitrogens with one attached hydrogen (secondary N) is 1. The molecule has 0 saturated heterocycles. The molecule has 1 aliphatic rings. The van der Waals surface area contributed by atoms with E-state index in [0.717, 1.165) is 30.2 Å². The molecule has 5 nitrogen and oxygen atoms in total. The first-order chi connectivity index (χ1) is 12.9. The minimum atomic E-state index is -3.55. The molecule has 1 aliphatic carbocycles. The zero-order chi connectivity index (χ0) is 19.4. The minimum absolute atomic E-state index is 0.0594. The van der Waals surface area contributed by atoms with Crippen LogP contribution in [0.2, 0.25) is 0 Å². The van der Waals surface area contributed by atoms with E-state index in [0.29, 0.717) is 11.3 Å². The maximum Gasteiger partial charge on any atom is 0.255 e. The van der Waals surface area contributed by atoms with Crippen LogP contribution >= 0.6 is 15.9 Å². The molecule has 0 radical (unpaired) electrons. The van der Waals surface area contributed by atoms with Crippen LogP contribution in [0.25, 0.3) is 0 Å². The summed E-state index contributed by atoms with van der Waals surface area (Å²) in [5, 5.41) is 2.80. The molecule has 0 aromatic heterocycles. The van der Waals surface area contributed by atoms with Gasteiger partial charge in [-0.15, -0.1) is 0 Å². The van der Waals surface area contributed by atoms with Crippen LogP contribution < -0.4 is 5.32 Å². The zero-order valence-corrected chi connectivity index (χ0v) is 17.6. The van der Waals surface area contributed by atoms with Gasteiger partial charge in [0.1, 0.15) is 0 Å². The fourth-order valence-electron chi connectivity index (χ4n) is 3.32. The summed E-state index contributed by atoms with van der Waals surface area (Å²) in [6.45, 7) is 0. The van der Waals surface area contributed by atoms with Gasteiger partial charge in [0.05, 0.1) is 4.90 Å². The third-order valence-electron chi connectivity index (χ3n) is 4.98. The van der Waals surface area contributed by atoms with Crippen LogP contribution in [0.5, 0.6) is 0 Å². The summed E-state index contributed by atoms with van der Waals surface area (Å²) < 4.78 is 28.1. The lowest BCUT2D eigenvalue weighted by Gasteiger charge is -2.30. The molecule has 1 saturated carbocycles. The minimum Gasteiger partial charge on any atom is -0.322 e. The molecule has 1 N–H and O–H groups in total. The summed E-state index contributed by atoms with van der Waals surface area (Å²) in [7, 11) is -1.90. The molecule has 27 heavy (non-hydrogen) atoms. The Morgan fingerprint density at radius 3 is 2.19 bits per heavy atom. The number of benzene rings is 2. The lowest BCUT2D eigenvalue weighted by Crippen LogP contribution is -2.38. The molecule has 1 fully saturated rings. The Kier molecular flexibility index (Phi) is 6.34. The van der Waals surface area contributed by atoms with Crippen LogP contribution in [0.15, 0.2) is 57.9 Å². The molecule has 0 aliphatic heterocycles. The van der Waals surface area contributed by atoms with Crippen molar-refractivity contribution in [2.45, 2.75) is 43.0 Å². The Balaban J connectivity index is 1.71. The third kappa shape index (κ3) is 4.78. The molecule has 144 valence electrons. The van der Waals surface area contributed by atoms with E-state index in [1.54, 1.807) is 31.3 Å². The van der Waals surface area contributed by atoms with E-state index < -0.39 is 10.0 Å². The Bertz CT molecular complexity index is 890. The van der Waals surface area contributed by atoms with E-state index in [-0.39, 0.29) is 16.8 Å². The number of nitrogens with zero attached hydrogens (tertiary/aromatic N) is 1. The van der Waals surface area contributed by atoms with Crippen molar-refractivity contribution in [3.05, 3.63) is 58.6 Å². The van der Waals surface area contributed by atoms with E-state index >= 15 is 0 Å². The van der Waals surface area contributed by atoms with Gasteiger partial charge in [-0.05, 0) is 61.4 Å². The monoisotopic (exact) mass is 450 g/mol. The summed E-state index contributed by atoms with van der Waals surface area (Å²) in [5.74, 6) is -0.276. The normalized spacial score (nSPS) is 15.7. The average molecular weight is 451 g/mol. The highest BCUT2D eigenvalue weighted by molar-refractivity contribution is 9.10. The maximum absolute atomic E-state index is 12.9.